The van der Waals surface area contributed by atoms with Crippen LogP contribution >= 0.6 is 0 Å². The van der Waals surface area contributed by atoms with Gasteiger partial charge in [0, 0.05) is 31.4 Å². The molecule has 0 radical (unpaired) electrons. The largest absolute Gasteiger partial charge is 0.371 e. The summed E-state index contributed by atoms with van der Waals surface area (Å²) in [6.07, 6.45) is 2.53. The van der Waals surface area contributed by atoms with Gasteiger partial charge in [0.15, 0.2) is 0 Å². The van der Waals surface area contributed by atoms with Crippen LogP contribution in [0.3, 0.4) is 0 Å². The van der Waals surface area contributed by atoms with E-state index in [0.717, 1.165) is 24.3 Å². The Morgan fingerprint density at radius 2 is 1.88 bits per heavy atom. The Hall–Kier alpha value is -1.51. The van der Waals surface area contributed by atoms with E-state index in [1.807, 2.05) is 6.92 Å². The first-order valence-electron chi connectivity index (χ1n) is 6.22. The van der Waals surface area contributed by atoms with Crippen molar-refractivity contribution in [2.24, 2.45) is 0 Å². The summed E-state index contributed by atoms with van der Waals surface area (Å²) in [6, 6.07) is 4.26. The second-order valence-corrected chi connectivity index (χ2v) is 4.78. The molecule has 0 spiro atoms. The van der Waals surface area contributed by atoms with Crippen molar-refractivity contribution >= 4 is 17.3 Å². The third kappa shape index (κ3) is 2.43. The fourth-order valence-electron chi connectivity index (χ4n) is 2.51. The van der Waals surface area contributed by atoms with Crippen LogP contribution in [0.25, 0.3) is 0 Å². The van der Waals surface area contributed by atoms with E-state index in [4.69, 9.17) is 0 Å². The Kier molecular flexibility index (Phi) is 3.36. The van der Waals surface area contributed by atoms with E-state index >= 15 is 0 Å². The predicted molar refractivity (Wildman–Crippen MR) is 71.7 cm³/mol. The first-order valence-corrected chi connectivity index (χ1v) is 6.22. The first kappa shape index (κ1) is 12.0. The molecule has 1 heterocycles. The molecule has 2 rings (SSSR count). The van der Waals surface area contributed by atoms with Gasteiger partial charge in [0.1, 0.15) is 0 Å². The highest BCUT2D eigenvalue weighted by atomic mass is 16.1. The summed E-state index contributed by atoms with van der Waals surface area (Å²) in [4.78, 5) is 13.6. The highest BCUT2D eigenvalue weighted by Crippen LogP contribution is 2.31. The Morgan fingerprint density at radius 3 is 2.47 bits per heavy atom. The van der Waals surface area contributed by atoms with E-state index in [9.17, 15) is 4.79 Å². The molecule has 0 aliphatic carbocycles. The van der Waals surface area contributed by atoms with Crippen molar-refractivity contribution in [1.29, 1.82) is 0 Å². The van der Waals surface area contributed by atoms with Crippen molar-refractivity contribution in [3.8, 4) is 0 Å². The molecule has 1 aromatic rings. The molecule has 0 saturated carbocycles. The maximum absolute atomic E-state index is 11.2. The van der Waals surface area contributed by atoms with E-state index in [2.05, 4.69) is 29.3 Å². The Labute approximate surface area is 103 Å². The minimum Gasteiger partial charge on any atom is -0.371 e. The highest BCUT2D eigenvalue weighted by molar-refractivity contribution is 5.91. The second-order valence-electron chi connectivity index (χ2n) is 4.78. The van der Waals surface area contributed by atoms with Crippen molar-refractivity contribution in [1.82, 2.24) is 0 Å². The van der Waals surface area contributed by atoms with Gasteiger partial charge in [0.05, 0.1) is 0 Å². The number of aryl methyl sites for hydroxylation is 1. The van der Waals surface area contributed by atoms with Gasteiger partial charge in [-0.05, 0) is 43.9 Å². The lowest BCUT2D eigenvalue weighted by molar-refractivity contribution is -0.114. The molecule has 1 aromatic carbocycles. The highest BCUT2D eigenvalue weighted by Gasteiger charge is 2.17. The van der Waals surface area contributed by atoms with Gasteiger partial charge in [-0.2, -0.15) is 0 Å². The van der Waals surface area contributed by atoms with Crippen LogP contribution in [0.2, 0.25) is 0 Å². The zero-order valence-electron chi connectivity index (χ0n) is 10.8. The van der Waals surface area contributed by atoms with Crippen molar-refractivity contribution in [3.05, 3.63) is 23.3 Å². The molecule has 1 aliphatic heterocycles. The number of carbonyl (C=O) groups is 1. The average Bonchev–Trinajstić information content (AvgIpc) is 2.77. The fourth-order valence-corrected chi connectivity index (χ4v) is 2.51. The second kappa shape index (κ2) is 4.78. The van der Waals surface area contributed by atoms with Gasteiger partial charge in [-0.15, -0.1) is 0 Å². The van der Waals surface area contributed by atoms with Crippen LogP contribution < -0.4 is 10.2 Å². The van der Waals surface area contributed by atoms with E-state index in [-0.39, 0.29) is 5.91 Å². The van der Waals surface area contributed by atoms with E-state index in [0.29, 0.717) is 0 Å². The van der Waals surface area contributed by atoms with Gasteiger partial charge < -0.3 is 10.2 Å². The summed E-state index contributed by atoms with van der Waals surface area (Å²) in [6.45, 7) is 7.94. The molecule has 3 heteroatoms. The zero-order chi connectivity index (χ0) is 12.4. The summed E-state index contributed by atoms with van der Waals surface area (Å²) in [5.41, 5.74) is 4.54. The third-order valence-corrected chi connectivity index (χ3v) is 3.39. The van der Waals surface area contributed by atoms with Crippen LogP contribution in [-0.2, 0) is 4.79 Å². The summed E-state index contributed by atoms with van der Waals surface area (Å²) in [5, 5.41) is 2.94. The van der Waals surface area contributed by atoms with Crippen molar-refractivity contribution < 1.29 is 4.79 Å². The van der Waals surface area contributed by atoms with E-state index < -0.39 is 0 Å². The first-order chi connectivity index (χ1) is 8.09. The van der Waals surface area contributed by atoms with Crippen LogP contribution in [0, 0.1) is 13.8 Å². The third-order valence-electron chi connectivity index (χ3n) is 3.39. The monoisotopic (exact) mass is 232 g/mol. The molecule has 1 N–H and O–H groups in total. The molecule has 1 fully saturated rings. The molecular weight excluding hydrogens is 212 g/mol. The number of nitrogens with zero attached hydrogens (tertiary/aromatic N) is 1. The van der Waals surface area contributed by atoms with E-state index in [1.54, 1.807) is 6.92 Å². The number of hydrogen-bond donors (Lipinski definition) is 1. The molecular formula is C14H20N2O. The number of anilines is 2. The average molecular weight is 232 g/mol. The fraction of sp³-hybridized carbons (Fsp3) is 0.500. The summed E-state index contributed by atoms with van der Waals surface area (Å²) >= 11 is 0. The Morgan fingerprint density at radius 1 is 1.24 bits per heavy atom. The number of amides is 1. The Bertz CT molecular complexity index is 434. The summed E-state index contributed by atoms with van der Waals surface area (Å²) in [7, 11) is 0. The molecule has 1 amide bonds. The van der Waals surface area contributed by atoms with Crippen molar-refractivity contribution in [2.75, 3.05) is 23.3 Å². The van der Waals surface area contributed by atoms with Crippen LogP contribution in [0.15, 0.2) is 12.1 Å². The van der Waals surface area contributed by atoms with E-state index in [1.165, 1.54) is 24.1 Å². The maximum Gasteiger partial charge on any atom is 0.221 e. The minimum atomic E-state index is -0.00484. The lowest BCUT2D eigenvalue weighted by Crippen LogP contribution is -2.20. The van der Waals surface area contributed by atoms with Crippen LogP contribution in [0.5, 0.6) is 0 Å². The van der Waals surface area contributed by atoms with Gasteiger partial charge in [-0.1, -0.05) is 6.07 Å². The molecule has 1 saturated heterocycles. The smallest absolute Gasteiger partial charge is 0.221 e. The lowest BCUT2D eigenvalue weighted by Gasteiger charge is -2.23. The van der Waals surface area contributed by atoms with Gasteiger partial charge in [0.25, 0.3) is 0 Å². The van der Waals surface area contributed by atoms with Gasteiger partial charge in [0.2, 0.25) is 5.91 Å². The van der Waals surface area contributed by atoms with Gasteiger partial charge in [-0.25, -0.2) is 0 Å². The minimum absolute atomic E-state index is 0.00484. The zero-order valence-corrected chi connectivity index (χ0v) is 10.8. The number of carbonyl (C=O) groups excluding carboxylic acids is 1. The number of benzene rings is 1. The predicted octanol–water partition coefficient (Wildman–Crippen LogP) is 2.86. The van der Waals surface area contributed by atoms with Gasteiger partial charge in [-0.3, -0.25) is 4.79 Å². The van der Waals surface area contributed by atoms with Crippen molar-refractivity contribution in [3.63, 3.8) is 0 Å². The topological polar surface area (TPSA) is 32.3 Å². The quantitative estimate of drug-likeness (QED) is 0.850. The Balaban J connectivity index is 2.37. The SMILES string of the molecule is CC(=O)Nc1c(C)ccc(N2CCCC2)c1C. The normalized spacial score (nSPS) is 15.1. The molecule has 0 unspecified atom stereocenters. The molecule has 0 aromatic heterocycles. The van der Waals surface area contributed by atoms with Crippen molar-refractivity contribution in [2.45, 2.75) is 33.6 Å². The summed E-state index contributed by atoms with van der Waals surface area (Å²) < 4.78 is 0. The number of hydrogen-bond acceptors (Lipinski definition) is 2. The number of nitrogens with one attached hydrogen (secondary N) is 1. The van der Waals surface area contributed by atoms with Gasteiger partial charge >= 0.3 is 0 Å². The maximum atomic E-state index is 11.2. The van der Waals surface area contributed by atoms with Crippen LogP contribution in [0.1, 0.15) is 30.9 Å². The van der Waals surface area contributed by atoms with Crippen LogP contribution in [0.4, 0.5) is 11.4 Å². The standard InChI is InChI=1S/C14H20N2O/c1-10-6-7-13(16-8-4-5-9-16)11(2)14(10)15-12(3)17/h6-7H,4-5,8-9H2,1-3H3,(H,15,17). The number of rotatable bonds is 2. The molecule has 92 valence electrons. The molecule has 0 atom stereocenters. The van der Waals surface area contributed by atoms with Crippen LogP contribution in [-0.4, -0.2) is 19.0 Å². The molecule has 3 nitrogen and oxygen atoms in total. The molecule has 17 heavy (non-hydrogen) atoms. The summed E-state index contributed by atoms with van der Waals surface area (Å²) in [5.74, 6) is -0.00484. The lowest BCUT2D eigenvalue weighted by atomic mass is 10.1. The molecule has 1 aliphatic rings. The molecule has 0 bridgehead atoms.